The van der Waals surface area contributed by atoms with Crippen molar-refractivity contribution in [3.8, 4) is 5.69 Å². The SMILES string of the molecule is Cc1ccccc1-n1c(CN2C=NC3C(N)=NC=NC32)cc2cccc(C)c2c1=O. The summed E-state index contributed by atoms with van der Waals surface area (Å²) < 4.78 is 1.82. The minimum atomic E-state index is -0.281. The molecule has 2 aliphatic rings. The van der Waals surface area contributed by atoms with Gasteiger partial charge in [-0.2, -0.15) is 0 Å². The second kappa shape index (κ2) is 6.95. The highest BCUT2D eigenvalue weighted by atomic mass is 16.1. The summed E-state index contributed by atoms with van der Waals surface area (Å²) >= 11 is 0. The van der Waals surface area contributed by atoms with Gasteiger partial charge in [0.1, 0.15) is 18.2 Å². The van der Waals surface area contributed by atoms with Gasteiger partial charge in [0.25, 0.3) is 5.56 Å². The fourth-order valence-corrected chi connectivity index (χ4v) is 4.23. The van der Waals surface area contributed by atoms with Crippen LogP contribution in [0.4, 0.5) is 0 Å². The molecule has 150 valence electrons. The van der Waals surface area contributed by atoms with E-state index >= 15 is 0 Å². The Balaban J connectivity index is 1.68. The molecule has 3 heterocycles. The highest BCUT2D eigenvalue weighted by molar-refractivity contribution is 5.96. The maximum absolute atomic E-state index is 13.7. The largest absolute Gasteiger partial charge is 0.385 e. The maximum atomic E-state index is 13.7. The van der Waals surface area contributed by atoms with E-state index in [9.17, 15) is 4.79 Å². The van der Waals surface area contributed by atoms with Gasteiger partial charge < -0.3 is 10.6 Å². The number of aliphatic imine (C=N–C) groups is 3. The molecule has 3 aromatic rings. The lowest BCUT2D eigenvalue weighted by Crippen LogP contribution is -2.44. The van der Waals surface area contributed by atoms with Gasteiger partial charge in [-0.15, -0.1) is 0 Å². The molecule has 1 aromatic heterocycles. The van der Waals surface area contributed by atoms with Crippen LogP contribution < -0.4 is 11.3 Å². The molecule has 2 N–H and O–H groups in total. The number of aryl methyl sites for hydroxylation is 2. The summed E-state index contributed by atoms with van der Waals surface area (Å²) in [5, 5.41) is 1.67. The summed E-state index contributed by atoms with van der Waals surface area (Å²) in [5.41, 5.74) is 9.73. The van der Waals surface area contributed by atoms with Crippen LogP contribution in [0, 0.1) is 13.8 Å². The Hall–Kier alpha value is -3.74. The van der Waals surface area contributed by atoms with Crippen molar-refractivity contribution < 1.29 is 0 Å². The maximum Gasteiger partial charge on any atom is 0.263 e. The lowest BCUT2D eigenvalue weighted by Gasteiger charge is -2.27. The second-order valence-electron chi connectivity index (χ2n) is 7.72. The molecule has 0 spiro atoms. The fourth-order valence-electron chi connectivity index (χ4n) is 4.23. The number of para-hydroxylation sites is 1. The molecule has 2 atom stereocenters. The van der Waals surface area contributed by atoms with Crippen molar-refractivity contribution >= 4 is 29.3 Å². The summed E-state index contributed by atoms with van der Waals surface area (Å²) in [6.45, 7) is 4.47. The molecule has 5 rings (SSSR count). The van der Waals surface area contributed by atoms with Gasteiger partial charge in [0.05, 0.1) is 24.0 Å². The van der Waals surface area contributed by atoms with Gasteiger partial charge in [-0.3, -0.25) is 14.4 Å². The van der Waals surface area contributed by atoms with Crippen molar-refractivity contribution in [3.05, 3.63) is 75.7 Å². The molecule has 0 bridgehead atoms. The predicted octanol–water partition coefficient (Wildman–Crippen LogP) is 2.55. The van der Waals surface area contributed by atoms with Crippen molar-refractivity contribution in [2.24, 2.45) is 20.7 Å². The Morgan fingerprint density at radius 3 is 2.67 bits per heavy atom. The number of hydrogen-bond donors (Lipinski definition) is 1. The number of rotatable bonds is 3. The van der Waals surface area contributed by atoms with Crippen molar-refractivity contribution in [2.75, 3.05) is 0 Å². The van der Waals surface area contributed by atoms with E-state index in [1.165, 1.54) is 6.34 Å². The number of benzene rings is 2. The van der Waals surface area contributed by atoms with E-state index in [2.05, 4.69) is 21.0 Å². The normalized spacial score (nSPS) is 19.9. The van der Waals surface area contributed by atoms with E-state index in [0.29, 0.717) is 12.4 Å². The van der Waals surface area contributed by atoms with E-state index in [1.807, 2.05) is 65.8 Å². The Morgan fingerprint density at radius 1 is 1.03 bits per heavy atom. The van der Waals surface area contributed by atoms with Gasteiger partial charge in [0, 0.05) is 5.69 Å². The third-order valence-electron chi connectivity index (χ3n) is 5.76. The van der Waals surface area contributed by atoms with Crippen molar-refractivity contribution in [3.63, 3.8) is 0 Å². The zero-order chi connectivity index (χ0) is 20.8. The summed E-state index contributed by atoms with van der Waals surface area (Å²) in [4.78, 5) is 28.7. The molecule has 2 aromatic carbocycles. The minimum absolute atomic E-state index is 0.0178. The molecule has 0 amide bonds. The zero-order valence-electron chi connectivity index (χ0n) is 16.9. The number of fused-ring (bicyclic) bond motifs is 2. The van der Waals surface area contributed by atoms with Gasteiger partial charge in [-0.05, 0) is 42.5 Å². The van der Waals surface area contributed by atoms with Gasteiger partial charge in [-0.1, -0.05) is 36.4 Å². The standard InChI is InChI=1S/C23H22N6O/c1-14-6-3-4-9-18(14)29-17(10-16-8-5-7-15(2)19(16)23(29)30)11-28-13-27-20-21(24)25-12-26-22(20)28/h3-10,12-13,20,22H,11H2,1-2H3,(H2,24,25,26). The monoisotopic (exact) mass is 398 g/mol. The molecule has 2 unspecified atom stereocenters. The molecule has 30 heavy (non-hydrogen) atoms. The molecule has 0 aliphatic carbocycles. The number of pyridine rings is 1. The zero-order valence-corrected chi connectivity index (χ0v) is 16.9. The Bertz CT molecular complexity index is 1300. The number of aromatic nitrogens is 1. The van der Waals surface area contributed by atoms with Crippen LogP contribution in [0.15, 0.2) is 68.3 Å². The number of amidine groups is 1. The van der Waals surface area contributed by atoms with E-state index in [1.54, 1.807) is 6.34 Å². The third kappa shape index (κ3) is 2.82. The average Bonchev–Trinajstić information content (AvgIpc) is 3.13. The van der Waals surface area contributed by atoms with Crippen LogP contribution >= 0.6 is 0 Å². The van der Waals surface area contributed by atoms with Crippen LogP contribution in [0.1, 0.15) is 16.8 Å². The molecular weight excluding hydrogens is 376 g/mol. The number of nitrogens with zero attached hydrogens (tertiary/aromatic N) is 5. The summed E-state index contributed by atoms with van der Waals surface area (Å²) in [6.07, 6.45) is 3.00. The minimum Gasteiger partial charge on any atom is -0.385 e. The summed E-state index contributed by atoms with van der Waals surface area (Å²) in [6, 6.07) is 15.7. The lowest BCUT2D eigenvalue weighted by molar-refractivity contribution is 0.329. The quantitative estimate of drug-likeness (QED) is 0.735. The Labute approximate surface area is 173 Å². The van der Waals surface area contributed by atoms with E-state index in [0.717, 1.165) is 33.3 Å². The van der Waals surface area contributed by atoms with Gasteiger partial charge in [0.2, 0.25) is 0 Å². The topological polar surface area (TPSA) is 88.3 Å². The van der Waals surface area contributed by atoms with E-state index < -0.39 is 0 Å². The molecule has 0 saturated heterocycles. The highest BCUT2D eigenvalue weighted by Gasteiger charge is 2.35. The third-order valence-corrected chi connectivity index (χ3v) is 5.76. The second-order valence-corrected chi connectivity index (χ2v) is 7.72. The molecule has 0 radical (unpaired) electrons. The van der Waals surface area contributed by atoms with Crippen LogP contribution in [0.5, 0.6) is 0 Å². The number of hydrogen-bond acceptors (Lipinski definition) is 6. The molecule has 7 nitrogen and oxygen atoms in total. The first-order chi connectivity index (χ1) is 14.5. The number of nitrogens with two attached hydrogens (primary N) is 1. The Morgan fingerprint density at radius 2 is 1.83 bits per heavy atom. The molecule has 0 fully saturated rings. The fraction of sp³-hybridized carbons (Fsp3) is 0.217. The molecular formula is C23H22N6O. The van der Waals surface area contributed by atoms with Crippen LogP contribution in [-0.2, 0) is 6.54 Å². The van der Waals surface area contributed by atoms with Crippen LogP contribution in [0.25, 0.3) is 16.5 Å². The first-order valence-corrected chi connectivity index (χ1v) is 9.89. The Kier molecular flexibility index (Phi) is 4.24. The van der Waals surface area contributed by atoms with Crippen molar-refractivity contribution in [1.82, 2.24) is 9.47 Å². The van der Waals surface area contributed by atoms with Crippen LogP contribution in [-0.4, -0.2) is 40.2 Å². The van der Waals surface area contributed by atoms with Crippen molar-refractivity contribution in [2.45, 2.75) is 32.6 Å². The van der Waals surface area contributed by atoms with Gasteiger partial charge in [0.15, 0.2) is 6.17 Å². The van der Waals surface area contributed by atoms with Gasteiger partial charge >= 0.3 is 0 Å². The van der Waals surface area contributed by atoms with Crippen molar-refractivity contribution in [1.29, 1.82) is 0 Å². The first kappa shape index (κ1) is 18.3. The van der Waals surface area contributed by atoms with E-state index in [4.69, 9.17) is 5.73 Å². The van der Waals surface area contributed by atoms with Gasteiger partial charge in [-0.25, -0.2) is 9.98 Å². The van der Waals surface area contributed by atoms with E-state index in [-0.39, 0.29) is 17.8 Å². The highest BCUT2D eigenvalue weighted by Crippen LogP contribution is 2.24. The molecule has 0 saturated carbocycles. The van der Waals surface area contributed by atoms with Crippen LogP contribution in [0.3, 0.4) is 0 Å². The first-order valence-electron chi connectivity index (χ1n) is 9.89. The smallest absolute Gasteiger partial charge is 0.263 e. The molecule has 2 aliphatic heterocycles. The summed E-state index contributed by atoms with van der Waals surface area (Å²) in [5.74, 6) is 0.458. The lowest BCUT2D eigenvalue weighted by atomic mass is 10.0. The van der Waals surface area contributed by atoms with Crippen LogP contribution in [0.2, 0.25) is 0 Å². The summed E-state index contributed by atoms with van der Waals surface area (Å²) in [7, 11) is 0. The molecule has 7 heteroatoms. The predicted molar refractivity (Wildman–Crippen MR) is 121 cm³/mol. The average molecular weight is 398 g/mol.